The zero-order valence-corrected chi connectivity index (χ0v) is 12.8. The molecule has 0 aromatic heterocycles. The SMILES string of the molecule is CN1CCC(N(C)CCC(=O)N(C)CCCN)CC1. The van der Waals surface area contributed by atoms with Crippen molar-refractivity contribution in [2.45, 2.75) is 31.7 Å². The van der Waals surface area contributed by atoms with Gasteiger partial charge in [-0.2, -0.15) is 0 Å². The van der Waals surface area contributed by atoms with Gasteiger partial charge in [-0.3, -0.25) is 4.79 Å². The molecule has 1 saturated heterocycles. The van der Waals surface area contributed by atoms with Crippen LogP contribution in [0.3, 0.4) is 0 Å². The molecule has 1 heterocycles. The maximum atomic E-state index is 11.9. The van der Waals surface area contributed by atoms with E-state index in [-0.39, 0.29) is 5.91 Å². The van der Waals surface area contributed by atoms with E-state index in [9.17, 15) is 4.79 Å². The van der Waals surface area contributed by atoms with Crippen LogP contribution >= 0.6 is 0 Å². The molecule has 1 fully saturated rings. The second-order valence-electron chi connectivity index (χ2n) is 5.72. The van der Waals surface area contributed by atoms with Gasteiger partial charge in [0.05, 0.1) is 0 Å². The van der Waals surface area contributed by atoms with Crippen LogP contribution in [0.4, 0.5) is 0 Å². The Bertz CT molecular complexity index is 264. The van der Waals surface area contributed by atoms with Gasteiger partial charge in [-0.1, -0.05) is 0 Å². The number of hydrogen-bond donors (Lipinski definition) is 1. The predicted octanol–water partition coefficient (Wildman–Crippen LogP) is 0.210. The van der Waals surface area contributed by atoms with Crippen molar-refractivity contribution in [3.63, 3.8) is 0 Å². The van der Waals surface area contributed by atoms with E-state index in [0.717, 1.165) is 19.5 Å². The van der Waals surface area contributed by atoms with Crippen LogP contribution in [-0.4, -0.2) is 80.5 Å². The smallest absolute Gasteiger partial charge is 0.223 e. The fourth-order valence-electron chi connectivity index (χ4n) is 2.53. The Morgan fingerprint density at radius 3 is 2.47 bits per heavy atom. The molecule has 0 spiro atoms. The third-order valence-corrected chi connectivity index (χ3v) is 4.11. The molecule has 19 heavy (non-hydrogen) atoms. The number of nitrogens with zero attached hydrogens (tertiary/aromatic N) is 3. The first-order valence-corrected chi connectivity index (χ1v) is 7.37. The molecule has 1 aliphatic heterocycles. The summed E-state index contributed by atoms with van der Waals surface area (Å²) >= 11 is 0. The van der Waals surface area contributed by atoms with Crippen LogP contribution in [0.5, 0.6) is 0 Å². The number of amides is 1. The van der Waals surface area contributed by atoms with Gasteiger partial charge in [0.2, 0.25) is 5.91 Å². The lowest BCUT2D eigenvalue weighted by atomic mass is 10.0. The summed E-state index contributed by atoms with van der Waals surface area (Å²) in [5.74, 6) is 0.230. The van der Waals surface area contributed by atoms with Gasteiger partial charge in [-0.15, -0.1) is 0 Å². The molecular weight excluding hydrogens is 240 g/mol. The van der Waals surface area contributed by atoms with E-state index in [0.29, 0.717) is 19.0 Å². The highest BCUT2D eigenvalue weighted by molar-refractivity contribution is 5.76. The Morgan fingerprint density at radius 2 is 1.89 bits per heavy atom. The van der Waals surface area contributed by atoms with Crippen molar-refractivity contribution in [2.75, 3.05) is 53.9 Å². The largest absolute Gasteiger partial charge is 0.346 e. The van der Waals surface area contributed by atoms with E-state index in [4.69, 9.17) is 5.73 Å². The van der Waals surface area contributed by atoms with Gasteiger partial charge in [0.15, 0.2) is 0 Å². The molecule has 1 amide bonds. The zero-order chi connectivity index (χ0) is 14.3. The minimum absolute atomic E-state index is 0.230. The van der Waals surface area contributed by atoms with Crippen molar-refractivity contribution in [2.24, 2.45) is 5.73 Å². The molecule has 0 atom stereocenters. The quantitative estimate of drug-likeness (QED) is 0.718. The third kappa shape index (κ3) is 5.89. The molecule has 0 saturated carbocycles. The highest BCUT2D eigenvalue weighted by Gasteiger charge is 2.21. The number of likely N-dealkylation sites (tertiary alicyclic amines) is 1. The Morgan fingerprint density at radius 1 is 1.26 bits per heavy atom. The van der Waals surface area contributed by atoms with E-state index in [1.807, 2.05) is 7.05 Å². The minimum atomic E-state index is 0.230. The highest BCUT2D eigenvalue weighted by atomic mass is 16.2. The van der Waals surface area contributed by atoms with Crippen molar-refractivity contribution in [3.8, 4) is 0 Å². The van der Waals surface area contributed by atoms with Gasteiger partial charge < -0.3 is 20.4 Å². The van der Waals surface area contributed by atoms with Crippen LogP contribution in [0.2, 0.25) is 0 Å². The lowest BCUT2D eigenvalue weighted by Crippen LogP contribution is -2.43. The standard InChI is InChI=1S/C14H30N4O/c1-16-10-5-13(6-11-16)17(2)12-7-14(19)18(3)9-4-8-15/h13H,4-12,15H2,1-3H3. The van der Waals surface area contributed by atoms with Gasteiger partial charge in [0, 0.05) is 32.6 Å². The molecule has 2 N–H and O–H groups in total. The Kier molecular flexibility index (Phi) is 7.34. The van der Waals surface area contributed by atoms with Crippen LogP contribution < -0.4 is 5.73 Å². The molecule has 0 radical (unpaired) electrons. The van der Waals surface area contributed by atoms with Gasteiger partial charge in [-0.05, 0) is 53.0 Å². The van der Waals surface area contributed by atoms with E-state index < -0.39 is 0 Å². The lowest BCUT2D eigenvalue weighted by molar-refractivity contribution is -0.130. The van der Waals surface area contributed by atoms with Crippen LogP contribution in [0.15, 0.2) is 0 Å². The third-order valence-electron chi connectivity index (χ3n) is 4.11. The van der Waals surface area contributed by atoms with Crippen molar-refractivity contribution >= 4 is 5.91 Å². The molecular formula is C14H30N4O. The zero-order valence-electron chi connectivity index (χ0n) is 12.8. The van der Waals surface area contributed by atoms with E-state index >= 15 is 0 Å². The molecule has 5 nitrogen and oxygen atoms in total. The summed E-state index contributed by atoms with van der Waals surface area (Å²) in [6.07, 6.45) is 3.92. The molecule has 0 aliphatic carbocycles. The molecule has 5 heteroatoms. The number of piperidine rings is 1. The molecule has 0 aromatic carbocycles. The topological polar surface area (TPSA) is 52.8 Å². The first kappa shape index (κ1) is 16.4. The van der Waals surface area contributed by atoms with Crippen LogP contribution in [0, 0.1) is 0 Å². The summed E-state index contributed by atoms with van der Waals surface area (Å²) in [7, 11) is 6.18. The Balaban J connectivity index is 2.21. The van der Waals surface area contributed by atoms with Gasteiger partial charge in [0.25, 0.3) is 0 Å². The summed E-state index contributed by atoms with van der Waals surface area (Å²) in [5.41, 5.74) is 5.46. The predicted molar refractivity (Wildman–Crippen MR) is 79.1 cm³/mol. The normalized spacial score (nSPS) is 17.9. The molecule has 1 aliphatic rings. The fourth-order valence-corrected chi connectivity index (χ4v) is 2.53. The summed E-state index contributed by atoms with van der Waals surface area (Å²) in [6.45, 7) is 4.61. The number of rotatable bonds is 7. The second kappa shape index (κ2) is 8.51. The van der Waals surface area contributed by atoms with Crippen LogP contribution in [-0.2, 0) is 4.79 Å². The summed E-state index contributed by atoms with van der Waals surface area (Å²) in [6, 6.07) is 0.637. The summed E-state index contributed by atoms with van der Waals surface area (Å²) in [5, 5.41) is 0. The van der Waals surface area contributed by atoms with Crippen molar-refractivity contribution in [1.82, 2.24) is 14.7 Å². The summed E-state index contributed by atoms with van der Waals surface area (Å²) < 4.78 is 0. The maximum Gasteiger partial charge on any atom is 0.223 e. The molecule has 0 aromatic rings. The van der Waals surface area contributed by atoms with Crippen molar-refractivity contribution in [3.05, 3.63) is 0 Å². The lowest BCUT2D eigenvalue weighted by Gasteiger charge is -2.35. The van der Waals surface area contributed by atoms with E-state index in [1.165, 1.54) is 25.9 Å². The average molecular weight is 270 g/mol. The first-order chi connectivity index (χ1) is 9.04. The van der Waals surface area contributed by atoms with E-state index in [1.54, 1.807) is 4.90 Å². The fraction of sp³-hybridized carbons (Fsp3) is 0.929. The van der Waals surface area contributed by atoms with Gasteiger partial charge in [0.1, 0.15) is 0 Å². The average Bonchev–Trinajstić information content (AvgIpc) is 2.42. The molecule has 112 valence electrons. The Labute approximate surface area is 117 Å². The number of carbonyl (C=O) groups excluding carboxylic acids is 1. The number of nitrogens with two attached hydrogens (primary N) is 1. The van der Waals surface area contributed by atoms with E-state index in [2.05, 4.69) is 23.9 Å². The second-order valence-corrected chi connectivity index (χ2v) is 5.72. The Hall–Kier alpha value is -0.650. The van der Waals surface area contributed by atoms with Gasteiger partial charge in [-0.25, -0.2) is 0 Å². The maximum absolute atomic E-state index is 11.9. The highest BCUT2D eigenvalue weighted by Crippen LogP contribution is 2.14. The van der Waals surface area contributed by atoms with Crippen molar-refractivity contribution in [1.29, 1.82) is 0 Å². The number of carbonyl (C=O) groups is 1. The van der Waals surface area contributed by atoms with Gasteiger partial charge >= 0.3 is 0 Å². The summed E-state index contributed by atoms with van der Waals surface area (Å²) in [4.78, 5) is 18.5. The van der Waals surface area contributed by atoms with Crippen LogP contribution in [0.1, 0.15) is 25.7 Å². The molecule has 1 rings (SSSR count). The monoisotopic (exact) mass is 270 g/mol. The molecule has 0 bridgehead atoms. The number of hydrogen-bond acceptors (Lipinski definition) is 4. The molecule has 0 unspecified atom stereocenters. The van der Waals surface area contributed by atoms with Crippen LogP contribution in [0.25, 0.3) is 0 Å². The first-order valence-electron chi connectivity index (χ1n) is 7.37. The van der Waals surface area contributed by atoms with Crippen molar-refractivity contribution < 1.29 is 4.79 Å². The minimum Gasteiger partial charge on any atom is -0.346 e.